The minimum absolute atomic E-state index is 0.00684. The number of alkyl halides is 1. The molecule has 0 heterocycles. The summed E-state index contributed by atoms with van der Waals surface area (Å²) in [4.78, 5) is 0.115. The molecule has 0 aromatic heterocycles. The Hall–Kier alpha value is -0.830. The van der Waals surface area contributed by atoms with E-state index in [1.807, 2.05) is 0 Å². The Balaban J connectivity index is 2.10. The smallest absolute Gasteiger partial charge is 0.240 e. The van der Waals surface area contributed by atoms with Gasteiger partial charge in [-0.2, -0.15) is 0 Å². The minimum Gasteiger partial charge on any atom is -0.284 e. The van der Waals surface area contributed by atoms with E-state index < -0.39 is 20.0 Å². The molecule has 0 amide bonds. The lowest BCUT2D eigenvalue weighted by Crippen LogP contribution is -2.25. The van der Waals surface area contributed by atoms with Gasteiger partial charge in [0, 0.05) is 17.6 Å². The molecule has 2 rings (SSSR count). The topological polar surface area (TPSA) is 92.3 Å². The molecule has 6 nitrogen and oxygen atoms in total. The molecule has 0 unspecified atom stereocenters. The average molecular weight is 339 g/mol. The van der Waals surface area contributed by atoms with Crippen LogP contribution in [-0.4, -0.2) is 34.5 Å². The molecule has 9 heteroatoms. The Morgan fingerprint density at radius 1 is 1.10 bits per heavy atom. The summed E-state index contributed by atoms with van der Waals surface area (Å²) in [5, 5.41) is 0. The van der Waals surface area contributed by atoms with Gasteiger partial charge < -0.3 is 0 Å². The molecule has 2 N–H and O–H groups in total. The highest BCUT2D eigenvalue weighted by Crippen LogP contribution is 2.23. The lowest BCUT2D eigenvalue weighted by molar-refractivity contribution is 0.581. The van der Waals surface area contributed by atoms with Gasteiger partial charge in [-0.25, -0.2) is 21.6 Å². The molecule has 1 aliphatic carbocycles. The standard InChI is InChI=1S/C11H15ClN2O4S2/c12-7-8-19(15,16)13-9-3-5-11(6-4-9)20(17,18)14-10-1-2-10/h3-6,10,13-14H,1-2,7-8H2. The average Bonchev–Trinajstić information content (AvgIpc) is 3.12. The fourth-order valence-electron chi connectivity index (χ4n) is 1.52. The van der Waals surface area contributed by atoms with Crippen molar-refractivity contribution in [2.75, 3.05) is 16.4 Å². The first-order valence-electron chi connectivity index (χ1n) is 6.01. The summed E-state index contributed by atoms with van der Waals surface area (Å²) in [6.45, 7) is 0. The number of sulfonamides is 2. The van der Waals surface area contributed by atoms with Crippen LogP contribution in [0.4, 0.5) is 5.69 Å². The second kappa shape index (κ2) is 5.88. The summed E-state index contributed by atoms with van der Waals surface area (Å²) in [5.41, 5.74) is 0.306. The SMILES string of the molecule is O=S(=O)(CCCl)Nc1ccc(S(=O)(=O)NC2CC2)cc1. The Morgan fingerprint density at radius 3 is 2.20 bits per heavy atom. The van der Waals surface area contributed by atoms with Gasteiger partial charge >= 0.3 is 0 Å². The van der Waals surface area contributed by atoms with Gasteiger partial charge in [-0.1, -0.05) is 0 Å². The van der Waals surface area contributed by atoms with Gasteiger partial charge in [-0.3, -0.25) is 4.72 Å². The second-order valence-electron chi connectivity index (χ2n) is 4.53. The second-order valence-corrected chi connectivity index (χ2v) is 8.46. The van der Waals surface area contributed by atoms with E-state index in [9.17, 15) is 16.8 Å². The highest BCUT2D eigenvalue weighted by molar-refractivity contribution is 7.92. The molecule has 20 heavy (non-hydrogen) atoms. The zero-order chi connectivity index (χ0) is 14.8. The van der Waals surface area contributed by atoms with Gasteiger partial charge in [-0.15, -0.1) is 11.6 Å². The molecule has 1 aromatic carbocycles. The van der Waals surface area contributed by atoms with Crippen LogP contribution in [0.1, 0.15) is 12.8 Å². The van der Waals surface area contributed by atoms with Crippen LogP contribution in [0.25, 0.3) is 0 Å². The van der Waals surface area contributed by atoms with E-state index in [1.54, 1.807) is 0 Å². The number of benzene rings is 1. The molecule has 0 radical (unpaired) electrons. The van der Waals surface area contributed by atoms with Gasteiger partial charge in [0.1, 0.15) is 0 Å². The number of nitrogens with one attached hydrogen (secondary N) is 2. The predicted molar refractivity (Wildman–Crippen MR) is 77.9 cm³/mol. The van der Waals surface area contributed by atoms with Gasteiger partial charge in [0.05, 0.1) is 10.6 Å². The van der Waals surface area contributed by atoms with E-state index in [0.717, 1.165) is 12.8 Å². The lowest BCUT2D eigenvalue weighted by atomic mass is 10.3. The summed E-state index contributed by atoms with van der Waals surface area (Å²) < 4.78 is 51.7. The Labute approximate surface area is 123 Å². The fourth-order valence-corrected chi connectivity index (χ4v) is 4.24. The molecule has 1 aromatic rings. The molecule has 1 saturated carbocycles. The van der Waals surface area contributed by atoms with Crippen LogP contribution in [0.5, 0.6) is 0 Å². The van der Waals surface area contributed by atoms with Crippen LogP contribution in [-0.2, 0) is 20.0 Å². The summed E-state index contributed by atoms with van der Waals surface area (Å²) in [6, 6.07) is 5.58. The maximum absolute atomic E-state index is 11.9. The number of hydrogen-bond acceptors (Lipinski definition) is 4. The molecular weight excluding hydrogens is 324 g/mol. The van der Waals surface area contributed by atoms with E-state index in [1.165, 1.54) is 24.3 Å². The van der Waals surface area contributed by atoms with E-state index in [-0.39, 0.29) is 22.6 Å². The summed E-state index contributed by atoms with van der Waals surface area (Å²) >= 11 is 5.38. The maximum atomic E-state index is 11.9. The predicted octanol–water partition coefficient (Wildman–Crippen LogP) is 1.11. The van der Waals surface area contributed by atoms with Crippen molar-refractivity contribution in [1.82, 2.24) is 4.72 Å². The fraction of sp³-hybridized carbons (Fsp3) is 0.455. The maximum Gasteiger partial charge on any atom is 0.240 e. The van der Waals surface area contributed by atoms with Crippen molar-refractivity contribution in [1.29, 1.82) is 0 Å². The Bertz CT molecular complexity index is 667. The third-order valence-corrected chi connectivity index (χ3v) is 5.92. The third kappa shape index (κ3) is 4.34. The minimum atomic E-state index is -3.52. The van der Waals surface area contributed by atoms with Crippen LogP contribution in [0.15, 0.2) is 29.2 Å². The number of rotatable bonds is 7. The van der Waals surface area contributed by atoms with Crippen LogP contribution >= 0.6 is 11.6 Å². The number of halogens is 1. The summed E-state index contributed by atoms with van der Waals surface area (Å²) in [6.07, 6.45) is 1.71. The third-order valence-electron chi connectivity index (χ3n) is 2.68. The van der Waals surface area contributed by atoms with E-state index in [2.05, 4.69) is 9.44 Å². The van der Waals surface area contributed by atoms with E-state index >= 15 is 0 Å². The highest BCUT2D eigenvalue weighted by Gasteiger charge is 2.27. The molecule has 112 valence electrons. The molecule has 1 fully saturated rings. The Kier molecular flexibility index (Phi) is 4.58. The summed E-state index contributed by atoms with van der Waals surface area (Å²) in [7, 11) is -7.01. The summed E-state index contributed by atoms with van der Waals surface area (Å²) in [5.74, 6) is -0.203. The molecule has 0 aliphatic heterocycles. The highest BCUT2D eigenvalue weighted by atomic mass is 35.5. The van der Waals surface area contributed by atoms with E-state index in [0.29, 0.717) is 5.69 Å². The van der Waals surface area contributed by atoms with Gasteiger partial charge in [0.25, 0.3) is 0 Å². The van der Waals surface area contributed by atoms with Gasteiger partial charge in [0.15, 0.2) is 0 Å². The van der Waals surface area contributed by atoms with Crippen molar-refractivity contribution in [3.05, 3.63) is 24.3 Å². The van der Waals surface area contributed by atoms with E-state index in [4.69, 9.17) is 11.6 Å². The number of anilines is 1. The zero-order valence-electron chi connectivity index (χ0n) is 10.5. The van der Waals surface area contributed by atoms with Crippen molar-refractivity contribution in [3.63, 3.8) is 0 Å². The molecule has 0 saturated heterocycles. The monoisotopic (exact) mass is 338 g/mol. The molecular formula is C11H15ClN2O4S2. The largest absolute Gasteiger partial charge is 0.284 e. The van der Waals surface area contributed by atoms with Crippen LogP contribution < -0.4 is 9.44 Å². The zero-order valence-corrected chi connectivity index (χ0v) is 12.9. The van der Waals surface area contributed by atoms with Crippen LogP contribution in [0.3, 0.4) is 0 Å². The first-order valence-corrected chi connectivity index (χ1v) is 9.68. The molecule has 0 spiro atoms. The van der Waals surface area contributed by atoms with Gasteiger partial charge in [0.2, 0.25) is 20.0 Å². The van der Waals surface area contributed by atoms with Crippen molar-refractivity contribution in [2.24, 2.45) is 0 Å². The van der Waals surface area contributed by atoms with Crippen LogP contribution in [0.2, 0.25) is 0 Å². The Morgan fingerprint density at radius 2 is 1.70 bits per heavy atom. The van der Waals surface area contributed by atoms with Crippen LogP contribution in [0, 0.1) is 0 Å². The first kappa shape index (κ1) is 15.6. The van der Waals surface area contributed by atoms with Gasteiger partial charge in [-0.05, 0) is 37.1 Å². The number of hydrogen-bond donors (Lipinski definition) is 2. The lowest BCUT2D eigenvalue weighted by Gasteiger charge is -2.08. The molecule has 0 bridgehead atoms. The normalized spacial score (nSPS) is 16.1. The van der Waals surface area contributed by atoms with Crippen molar-refractivity contribution >= 4 is 37.3 Å². The first-order chi connectivity index (χ1) is 9.32. The van der Waals surface area contributed by atoms with Crippen molar-refractivity contribution < 1.29 is 16.8 Å². The van der Waals surface area contributed by atoms with Crippen molar-refractivity contribution in [3.8, 4) is 0 Å². The molecule has 0 atom stereocenters. The quantitative estimate of drug-likeness (QED) is 0.728. The van der Waals surface area contributed by atoms with Crippen molar-refractivity contribution in [2.45, 2.75) is 23.8 Å². The molecule has 1 aliphatic rings.